The van der Waals surface area contributed by atoms with Gasteiger partial charge in [-0.2, -0.15) is 0 Å². The molecule has 22 heavy (non-hydrogen) atoms. The molecule has 0 atom stereocenters. The molecule has 0 bridgehead atoms. The van der Waals surface area contributed by atoms with Crippen LogP contribution in [0.25, 0.3) is 0 Å². The summed E-state index contributed by atoms with van der Waals surface area (Å²) in [5, 5.41) is 0. The van der Waals surface area contributed by atoms with Gasteiger partial charge in [-0.3, -0.25) is 0 Å². The number of hydrogen-bond donors (Lipinski definition) is 0. The molecule has 0 aromatic rings. The molecular formula is C15H33BN2O2SW-. The summed E-state index contributed by atoms with van der Waals surface area (Å²) in [5.41, 5.74) is 0. The zero-order chi connectivity index (χ0) is 13.9. The summed E-state index contributed by atoms with van der Waals surface area (Å²) in [4.78, 5) is 2.07. The van der Waals surface area contributed by atoms with E-state index in [1.807, 2.05) is 7.05 Å². The van der Waals surface area contributed by atoms with Gasteiger partial charge in [0.2, 0.25) is 0 Å². The molecule has 3 radical (unpaired) electrons. The number of piperazine rings is 1. The summed E-state index contributed by atoms with van der Waals surface area (Å²) in [6, 6.07) is 0. The Hall–Kier alpha value is -0.257. The van der Waals surface area contributed by atoms with Crippen LogP contribution in [0.4, 0.5) is 0 Å². The maximum absolute atomic E-state index is 11.0. The number of rotatable bonds is 1. The van der Waals surface area contributed by atoms with Crippen LogP contribution in [-0.4, -0.2) is 59.0 Å². The van der Waals surface area contributed by atoms with Gasteiger partial charge in [0.1, 0.15) is 0 Å². The number of hydrogen-bond acceptors (Lipinski definition) is 3. The van der Waals surface area contributed by atoms with Gasteiger partial charge in [0, 0.05) is 36.0 Å². The summed E-state index contributed by atoms with van der Waals surface area (Å²) in [7, 11) is -1.03. The van der Waals surface area contributed by atoms with Gasteiger partial charge in [0.05, 0.1) is 6.26 Å². The van der Waals surface area contributed by atoms with Crippen LogP contribution in [0.1, 0.15) is 36.1 Å². The van der Waals surface area contributed by atoms with Crippen molar-refractivity contribution >= 4 is 18.4 Å². The van der Waals surface area contributed by atoms with E-state index in [2.05, 4.69) is 29.6 Å². The number of sulfonamides is 1. The fourth-order valence-corrected chi connectivity index (χ4v) is 1.73. The van der Waals surface area contributed by atoms with Crippen LogP contribution in [0.5, 0.6) is 0 Å². The van der Waals surface area contributed by atoms with Crippen LogP contribution in [0.15, 0.2) is 0 Å². The first-order valence-corrected chi connectivity index (χ1v) is 6.91. The molecule has 1 saturated heterocycles. The van der Waals surface area contributed by atoms with Gasteiger partial charge in [0.25, 0.3) is 0 Å². The van der Waals surface area contributed by atoms with Crippen molar-refractivity contribution in [1.29, 1.82) is 0 Å². The summed E-state index contributed by atoms with van der Waals surface area (Å²) in [5.74, 6) is 4.50. The van der Waals surface area contributed by atoms with E-state index in [1.165, 1.54) is 10.6 Å². The molecule has 0 aliphatic carbocycles. The molecule has 0 saturated carbocycles. The average Bonchev–Trinajstić information content (AvgIpc) is 2.19. The molecule has 1 fully saturated rings. The molecule has 1 heterocycles. The molecule has 7 heteroatoms. The van der Waals surface area contributed by atoms with Gasteiger partial charge in [-0.15, -0.1) is 31.2 Å². The third-order valence-electron chi connectivity index (χ3n) is 1.73. The van der Waals surface area contributed by atoms with E-state index in [-0.39, 0.29) is 51.8 Å². The molecule has 1 aliphatic heterocycles. The Kier molecular flexibility index (Phi) is 50.2. The summed E-state index contributed by atoms with van der Waals surface area (Å²) in [6.07, 6.45) is 10.4. The zero-order valence-electron chi connectivity index (χ0n) is 12.0. The molecule has 4 nitrogen and oxygen atoms in total. The Morgan fingerprint density at radius 2 is 1.36 bits per heavy atom. The predicted molar refractivity (Wildman–Crippen MR) is 98.3 cm³/mol. The molecule has 0 aromatic heterocycles. The van der Waals surface area contributed by atoms with Crippen molar-refractivity contribution in [3.05, 3.63) is 6.54 Å². The van der Waals surface area contributed by atoms with Crippen LogP contribution in [-0.2, 0) is 31.1 Å². The van der Waals surface area contributed by atoms with E-state index < -0.39 is 10.0 Å². The first-order valence-electron chi connectivity index (χ1n) is 5.06. The molecule has 0 unspecified atom stereocenters. The predicted octanol–water partition coefficient (Wildman–Crippen LogP) is 2.16. The second kappa shape index (κ2) is 25.7. The Bertz CT molecular complexity index is 356. The minimum Gasteiger partial charge on any atom is -0.350 e. The monoisotopic (exact) mass is 500 g/mol. The summed E-state index contributed by atoms with van der Waals surface area (Å²) >= 11 is 0. The fraction of sp³-hybridized carbons (Fsp3) is 0.667. The largest absolute Gasteiger partial charge is 0.350 e. The summed E-state index contributed by atoms with van der Waals surface area (Å²) in [6.45, 7) is 7.12. The van der Waals surface area contributed by atoms with Gasteiger partial charge in [-0.05, 0) is 27.4 Å². The van der Waals surface area contributed by atoms with Crippen LogP contribution in [0, 0.1) is 31.2 Å². The second-order valence-electron chi connectivity index (χ2n) is 3.40. The summed E-state index contributed by atoms with van der Waals surface area (Å²) < 4.78 is 23.3. The molecule has 0 N–H and O–H groups in total. The van der Waals surface area contributed by atoms with Gasteiger partial charge >= 0.3 is 0 Å². The van der Waals surface area contributed by atoms with Crippen molar-refractivity contribution in [3.63, 3.8) is 0 Å². The number of nitrogens with zero attached hydrogens (tertiary/aromatic N) is 2. The average molecular weight is 500 g/mol. The first kappa shape index (κ1) is 43.0. The van der Waals surface area contributed by atoms with Crippen molar-refractivity contribution in [2.75, 3.05) is 32.9 Å². The smallest absolute Gasteiger partial charge is 0.184 e. The molecular weight excluding hydrogens is 467 g/mol. The van der Waals surface area contributed by atoms with Gasteiger partial charge in [-0.1, -0.05) is 22.3 Å². The zero-order valence-corrected chi connectivity index (χ0v) is 15.7. The maximum atomic E-state index is 11.0. The molecule has 0 aromatic carbocycles. The Morgan fingerprint density at radius 3 is 1.55 bits per heavy atom. The van der Waals surface area contributed by atoms with Gasteiger partial charge in [0.15, 0.2) is 10.0 Å². The standard InChI is InChI=1S/C6H13N2O2S.2C3H4.3CH4.B.W/c1-7-3-5-8(6-4-7)11(2,9)10;2*1-3-2;;;;;/h5H,3-4,6H2,1-2H3;2*1H,2H3;3*1H4;;/q-1;;;;;;;. The number of likely N-dealkylation sites (N-methyl/N-ethyl adjacent to an activating group) is 1. The van der Waals surface area contributed by atoms with Crippen molar-refractivity contribution < 1.29 is 29.5 Å². The normalized spacial score (nSPS) is 12.6. The topological polar surface area (TPSA) is 40.6 Å². The molecule has 1 aliphatic rings. The Labute approximate surface area is 157 Å². The van der Waals surface area contributed by atoms with E-state index in [1.54, 1.807) is 20.4 Å². The molecule has 131 valence electrons. The SMILES string of the molecule is C.C.C.C#CC.C#CC.CN1C[CH-]N(S(C)(=O)=O)CC1.[B].[W]. The van der Waals surface area contributed by atoms with Crippen LogP contribution in [0.2, 0.25) is 0 Å². The van der Waals surface area contributed by atoms with Crippen molar-refractivity contribution in [1.82, 2.24) is 9.21 Å². The van der Waals surface area contributed by atoms with Crippen molar-refractivity contribution in [2.45, 2.75) is 36.1 Å². The van der Waals surface area contributed by atoms with Crippen molar-refractivity contribution in [2.24, 2.45) is 0 Å². The van der Waals surface area contributed by atoms with E-state index in [0.717, 1.165) is 6.54 Å². The van der Waals surface area contributed by atoms with E-state index >= 15 is 0 Å². The van der Waals surface area contributed by atoms with Crippen LogP contribution >= 0.6 is 0 Å². The fourth-order valence-electron chi connectivity index (χ4n) is 0.984. The molecule has 0 spiro atoms. The Balaban J connectivity index is -0.0000000363. The first-order chi connectivity index (χ1) is 7.83. The third-order valence-corrected chi connectivity index (χ3v) is 2.91. The minimum absolute atomic E-state index is 0. The second-order valence-corrected chi connectivity index (χ2v) is 5.33. The maximum Gasteiger partial charge on any atom is 0.184 e. The van der Waals surface area contributed by atoms with Crippen LogP contribution < -0.4 is 0 Å². The Morgan fingerprint density at radius 1 is 1.05 bits per heavy atom. The quantitative estimate of drug-likeness (QED) is 0.315. The molecule has 0 amide bonds. The van der Waals surface area contributed by atoms with Crippen LogP contribution in [0.3, 0.4) is 0 Å². The third kappa shape index (κ3) is 28.0. The van der Waals surface area contributed by atoms with Crippen molar-refractivity contribution in [3.8, 4) is 24.7 Å². The minimum atomic E-state index is -3.00. The van der Waals surface area contributed by atoms with E-state index in [9.17, 15) is 8.42 Å². The molecule has 1 rings (SSSR count). The van der Waals surface area contributed by atoms with E-state index in [4.69, 9.17) is 0 Å². The van der Waals surface area contributed by atoms with E-state index in [0.29, 0.717) is 13.1 Å². The van der Waals surface area contributed by atoms with Gasteiger partial charge < -0.3 is 9.21 Å². The van der Waals surface area contributed by atoms with Gasteiger partial charge in [-0.25, -0.2) is 15.0 Å². The number of terminal acetylenes is 2.